The number of aromatic nitrogens is 1. The molecule has 1 heterocycles. The fourth-order valence-corrected chi connectivity index (χ4v) is 2.63. The highest BCUT2D eigenvalue weighted by Crippen LogP contribution is 2.09. The monoisotopic (exact) mass is 290 g/mol. The fourth-order valence-electron chi connectivity index (χ4n) is 1.48. The molecule has 8 heteroatoms. The molecule has 0 saturated carbocycles. The smallest absolute Gasteiger partial charge is 0.305 e. The number of rotatable bonds is 7. The number of nitrogens with zero attached hydrogens (tertiary/aromatic N) is 2. The van der Waals surface area contributed by atoms with Gasteiger partial charge in [0.15, 0.2) is 0 Å². The summed E-state index contributed by atoms with van der Waals surface area (Å²) in [4.78, 5) is 10.9. The van der Waals surface area contributed by atoms with Gasteiger partial charge in [-0.15, -0.1) is 0 Å². The van der Waals surface area contributed by atoms with Gasteiger partial charge in [0.1, 0.15) is 5.76 Å². The number of sulfonamides is 1. The van der Waals surface area contributed by atoms with Crippen LogP contribution >= 0.6 is 0 Å². The first-order valence-corrected chi connectivity index (χ1v) is 7.39. The van der Waals surface area contributed by atoms with E-state index in [1.165, 1.54) is 18.5 Å². The van der Waals surface area contributed by atoms with E-state index in [1.807, 2.05) is 0 Å². The molecule has 0 N–H and O–H groups in total. The standard InChI is InChI=1S/C11H18N2O5S/c1-9-7-10(12-18-9)8-13(2)19(15,16)6-4-5-11(14)17-3/h7H,4-6,8H2,1-3H3. The lowest BCUT2D eigenvalue weighted by Crippen LogP contribution is -2.29. The molecular formula is C11H18N2O5S. The predicted octanol–water partition coefficient (Wildman–Crippen LogP) is 0.698. The molecule has 0 amide bonds. The Hall–Kier alpha value is -1.41. The first kappa shape index (κ1) is 15.6. The third kappa shape index (κ3) is 4.99. The molecule has 108 valence electrons. The van der Waals surface area contributed by atoms with Crippen LogP contribution in [0.15, 0.2) is 10.6 Å². The van der Waals surface area contributed by atoms with Crippen molar-refractivity contribution in [3.05, 3.63) is 17.5 Å². The second-order valence-electron chi connectivity index (χ2n) is 4.18. The van der Waals surface area contributed by atoms with Crippen LogP contribution in [0.25, 0.3) is 0 Å². The lowest BCUT2D eigenvalue weighted by Gasteiger charge is -2.15. The largest absolute Gasteiger partial charge is 0.469 e. The highest BCUT2D eigenvalue weighted by atomic mass is 32.2. The molecule has 0 aliphatic rings. The van der Waals surface area contributed by atoms with Gasteiger partial charge in [-0.25, -0.2) is 8.42 Å². The highest BCUT2D eigenvalue weighted by molar-refractivity contribution is 7.89. The Kier molecular flexibility index (Phi) is 5.49. The minimum atomic E-state index is -3.41. The van der Waals surface area contributed by atoms with Gasteiger partial charge in [-0.1, -0.05) is 5.16 Å². The van der Waals surface area contributed by atoms with Gasteiger partial charge in [0, 0.05) is 19.5 Å². The topological polar surface area (TPSA) is 89.7 Å². The van der Waals surface area contributed by atoms with Gasteiger partial charge in [-0.3, -0.25) is 4.79 Å². The van der Waals surface area contributed by atoms with E-state index in [0.717, 1.165) is 0 Å². The lowest BCUT2D eigenvalue weighted by molar-refractivity contribution is -0.140. The summed E-state index contributed by atoms with van der Waals surface area (Å²) >= 11 is 0. The average Bonchev–Trinajstić information content (AvgIpc) is 2.74. The van der Waals surface area contributed by atoms with Gasteiger partial charge in [0.05, 0.1) is 25.1 Å². The minimum Gasteiger partial charge on any atom is -0.469 e. The molecule has 0 aliphatic carbocycles. The summed E-state index contributed by atoms with van der Waals surface area (Å²) in [5.74, 6) is 0.117. The maximum absolute atomic E-state index is 11.9. The van der Waals surface area contributed by atoms with Crippen LogP contribution < -0.4 is 0 Å². The molecule has 0 bridgehead atoms. The molecule has 19 heavy (non-hydrogen) atoms. The minimum absolute atomic E-state index is 0.0899. The van der Waals surface area contributed by atoms with E-state index < -0.39 is 16.0 Å². The molecule has 0 fully saturated rings. The maximum Gasteiger partial charge on any atom is 0.305 e. The fraction of sp³-hybridized carbons (Fsp3) is 0.636. The zero-order valence-electron chi connectivity index (χ0n) is 11.2. The van der Waals surface area contributed by atoms with Crippen LogP contribution in [0.3, 0.4) is 0 Å². The van der Waals surface area contributed by atoms with Crippen molar-refractivity contribution in [2.75, 3.05) is 19.9 Å². The molecule has 0 atom stereocenters. The summed E-state index contributed by atoms with van der Waals surface area (Å²) < 4.78 is 34.4. The number of ether oxygens (including phenoxy) is 1. The second-order valence-corrected chi connectivity index (χ2v) is 6.38. The lowest BCUT2D eigenvalue weighted by atomic mass is 10.3. The first-order chi connectivity index (χ1) is 8.85. The molecule has 0 radical (unpaired) electrons. The number of esters is 1. The predicted molar refractivity (Wildman–Crippen MR) is 67.7 cm³/mol. The third-order valence-electron chi connectivity index (χ3n) is 2.55. The Morgan fingerprint density at radius 2 is 2.21 bits per heavy atom. The molecule has 0 saturated heterocycles. The summed E-state index contributed by atoms with van der Waals surface area (Å²) in [5, 5.41) is 3.74. The van der Waals surface area contributed by atoms with E-state index in [9.17, 15) is 13.2 Å². The number of carbonyl (C=O) groups excluding carboxylic acids is 1. The molecule has 0 spiro atoms. The number of hydrogen-bond donors (Lipinski definition) is 0. The molecule has 1 aromatic rings. The van der Waals surface area contributed by atoms with Gasteiger partial charge >= 0.3 is 5.97 Å². The summed E-state index contributed by atoms with van der Waals surface area (Å²) in [6.07, 6.45) is 0.323. The van der Waals surface area contributed by atoms with Crippen molar-refractivity contribution < 1.29 is 22.5 Å². The van der Waals surface area contributed by atoms with Gasteiger partial charge < -0.3 is 9.26 Å². The quantitative estimate of drug-likeness (QED) is 0.687. The molecule has 0 unspecified atom stereocenters. The van der Waals surface area contributed by atoms with Gasteiger partial charge in [0.2, 0.25) is 10.0 Å². The van der Waals surface area contributed by atoms with E-state index in [1.54, 1.807) is 13.0 Å². The van der Waals surface area contributed by atoms with Gasteiger partial charge in [-0.2, -0.15) is 4.31 Å². The van der Waals surface area contributed by atoms with Crippen LogP contribution in [-0.4, -0.2) is 43.8 Å². The van der Waals surface area contributed by atoms with Gasteiger partial charge in [-0.05, 0) is 13.3 Å². The van der Waals surface area contributed by atoms with Crippen molar-refractivity contribution >= 4 is 16.0 Å². The van der Waals surface area contributed by atoms with Crippen LogP contribution in [0.5, 0.6) is 0 Å². The number of carbonyl (C=O) groups is 1. The Labute approximate surface area is 112 Å². The Bertz CT molecular complexity index is 523. The van der Waals surface area contributed by atoms with Crippen molar-refractivity contribution in [2.45, 2.75) is 26.3 Å². The molecule has 1 aromatic heterocycles. The molecule has 0 aromatic carbocycles. The second kappa shape index (κ2) is 6.67. The van der Waals surface area contributed by atoms with Crippen LogP contribution in [0.2, 0.25) is 0 Å². The highest BCUT2D eigenvalue weighted by Gasteiger charge is 2.19. The summed E-state index contributed by atoms with van der Waals surface area (Å²) in [7, 11) is -0.666. The van der Waals surface area contributed by atoms with Crippen LogP contribution in [0.1, 0.15) is 24.3 Å². The maximum atomic E-state index is 11.9. The van der Waals surface area contributed by atoms with Crippen molar-refractivity contribution in [2.24, 2.45) is 0 Å². The number of methoxy groups -OCH3 is 1. The molecular weight excluding hydrogens is 272 g/mol. The number of aryl methyl sites for hydroxylation is 1. The summed E-state index contributed by atoms with van der Waals surface area (Å²) in [5.41, 5.74) is 0.552. The van der Waals surface area contributed by atoms with E-state index in [4.69, 9.17) is 4.52 Å². The van der Waals surface area contributed by atoms with Crippen LogP contribution in [0.4, 0.5) is 0 Å². The van der Waals surface area contributed by atoms with Crippen molar-refractivity contribution in [3.8, 4) is 0 Å². The zero-order valence-corrected chi connectivity index (χ0v) is 12.1. The summed E-state index contributed by atoms with van der Waals surface area (Å²) in [6, 6.07) is 1.68. The number of hydrogen-bond acceptors (Lipinski definition) is 6. The normalized spacial score (nSPS) is 11.8. The van der Waals surface area contributed by atoms with Crippen LogP contribution in [0, 0.1) is 6.92 Å². The SMILES string of the molecule is COC(=O)CCCS(=O)(=O)N(C)Cc1cc(C)on1. The Morgan fingerprint density at radius 1 is 1.53 bits per heavy atom. The first-order valence-electron chi connectivity index (χ1n) is 5.78. The Balaban J connectivity index is 2.49. The Morgan fingerprint density at radius 3 is 2.74 bits per heavy atom. The molecule has 1 rings (SSSR count). The van der Waals surface area contributed by atoms with Crippen LogP contribution in [-0.2, 0) is 26.1 Å². The van der Waals surface area contributed by atoms with E-state index >= 15 is 0 Å². The third-order valence-corrected chi connectivity index (χ3v) is 4.43. The van der Waals surface area contributed by atoms with Crippen molar-refractivity contribution in [1.29, 1.82) is 0 Å². The van der Waals surface area contributed by atoms with Gasteiger partial charge in [0.25, 0.3) is 0 Å². The zero-order chi connectivity index (χ0) is 14.5. The van der Waals surface area contributed by atoms with E-state index in [-0.39, 0.29) is 25.1 Å². The van der Waals surface area contributed by atoms with E-state index in [2.05, 4.69) is 9.89 Å². The van der Waals surface area contributed by atoms with E-state index in [0.29, 0.717) is 11.5 Å². The van der Waals surface area contributed by atoms with Crippen molar-refractivity contribution in [1.82, 2.24) is 9.46 Å². The molecule has 0 aliphatic heterocycles. The molecule has 7 nitrogen and oxygen atoms in total. The summed E-state index contributed by atoms with van der Waals surface area (Å²) in [6.45, 7) is 1.89. The average molecular weight is 290 g/mol. The van der Waals surface area contributed by atoms with Crippen molar-refractivity contribution in [3.63, 3.8) is 0 Å².